The Morgan fingerprint density at radius 1 is 1.64 bits per heavy atom. The van der Waals surface area contributed by atoms with Crippen LogP contribution in [0, 0.1) is 18.3 Å². The van der Waals surface area contributed by atoms with Crippen LogP contribution in [0.2, 0.25) is 0 Å². The summed E-state index contributed by atoms with van der Waals surface area (Å²) >= 11 is 0. The minimum atomic E-state index is 0.422. The Kier molecular flexibility index (Phi) is 2.27. The first-order valence-corrected chi connectivity index (χ1v) is 3.73. The average molecular weight is 149 g/mol. The zero-order valence-corrected chi connectivity index (χ0v) is 6.81. The van der Waals surface area contributed by atoms with Crippen LogP contribution in [-0.4, -0.2) is 9.97 Å². The second-order valence-electron chi connectivity index (χ2n) is 2.52. The Labute approximate surface area is 66.1 Å². The number of aryl methyl sites for hydroxylation is 2. The number of aromatic amines is 1. The molecule has 0 saturated heterocycles. The van der Waals surface area contributed by atoms with Crippen molar-refractivity contribution >= 4 is 0 Å². The maximum atomic E-state index is 8.50. The van der Waals surface area contributed by atoms with E-state index in [9.17, 15) is 0 Å². The van der Waals surface area contributed by atoms with Crippen LogP contribution in [-0.2, 0) is 6.42 Å². The monoisotopic (exact) mass is 149 g/mol. The summed E-state index contributed by atoms with van der Waals surface area (Å²) in [5.41, 5.74) is 2.03. The second kappa shape index (κ2) is 3.20. The van der Waals surface area contributed by atoms with Gasteiger partial charge in [0.1, 0.15) is 6.07 Å². The van der Waals surface area contributed by atoms with Gasteiger partial charge in [0.25, 0.3) is 0 Å². The molecule has 0 aliphatic heterocycles. The molecule has 58 valence electrons. The number of H-pyrrole nitrogens is 1. The molecule has 3 nitrogen and oxygen atoms in total. The minimum absolute atomic E-state index is 0.422. The van der Waals surface area contributed by atoms with Crippen molar-refractivity contribution < 1.29 is 0 Å². The van der Waals surface area contributed by atoms with Crippen LogP contribution >= 0.6 is 0 Å². The second-order valence-corrected chi connectivity index (χ2v) is 2.52. The Morgan fingerprint density at radius 2 is 2.36 bits per heavy atom. The SMILES string of the molecule is CCCc1nc(C#N)[nH]c1C. The highest BCUT2D eigenvalue weighted by Gasteiger charge is 2.03. The molecule has 11 heavy (non-hydrogen) atoms. The summed E-state index contributed by atoms with van der Waals surface area (Å²) in [5.74, 6) is 0.422. The zero-order chi connectivity index (χ0) is 8.27. The van der Waals surface area contributed by atoms with Crippen molar-refractivity contribution in [3.8, 4) is 6.07 Å². The number of imidazole rings is 1. The van der Waals surface area contributed by atoms with Gasteiger partial charge in [-0.15, -0.1) is 0 Å². The van der Waals surface area contributed by atoms with Crippen LogP contribution in [0.15, 0.2) is 0 Å². The fourth-order valence-electron chi connectivity index (χ4n) is 1.03. The van der Waals surface area contributed by atoms with Crippen molar-refractivity contribution in [2.45, 2.75) is 26.7 Å². The van der Waals surface area contributed by atoms with Crippen LogP contribution < -0.4 is 0 Å². The summed E-state index contributed by atoms with van der Waals surface area (Å²) in [5, 5.41) is 8.50. The molecule has 0 saturated carbocycles. The van der Waals surface area contributed by atoms with Crippen LogP contribution in [0.5, 0.6) is 0 Å². The number of nitrogens with zero attached hydrogens (tertiary/aromatic N) is 2. The third kappa shape index (κ3) is 1.58. The third-order valence-electron chi connectivity index (χ3n) is 1.58. The Bertz CT molecular complexity index is 280. The van der Waals surface area contributed by atoms with Crippen molar-refractivity contribution in [1.82, 2.24) is 9.97 Å². The highest BCUT2D eigenvalue weighted by atomic mass is 14.9. The van der Waals surface area contributed by atoms with E-state index >= 15 is 0 Å². The fraction of sp³-hybridized carbons (Fsp3) is 0.500. The van der Waals surface area contributed by atoms with Crippen molar-refractivity contribution in [2.24, 2.45) is 0 Å². The molecule has 0 aromatic carbocycles. The molecule has 1 heterocycles. The summed E-state index contributed by atoms with van der Waals surface area (Å²) in [6.07, 6.45) is 2.01. The molecule has 0 aliphatic rings. The molecule has 1 N–H and O–H groups in total. The van der Waals surface area contributed by atoms with Gasteiger partial charge < -0.3 is 4.98 Å². The first-order valence-electron chi connectivity index (χ1n) is 3.73. The number of hydrogen-bond acceptors (Lipinski definition) is 2. The molecule has 0 fully saturated rings. The summed E-state index contributed by atoms with van der Waals surface area (Å²) in [4.78, 5) is 7.01. The number of aromatic nitrogens is 2. The molecule has 0 aliphatic carbocycles. The van der Waals surface area contributed by atoms with E-state index in [4.69, 9.17) is 5.26 Å². The van der Waals surface area contributed by atoms with E-state index in [1.54, 1.807) is 0 Å². The summed E-state index contributed by atoms with van der Waals surface area (Å²) < 4.78 is 0. The van der Waals surface area contributed by atoms with Gasteiger partial charge in [-0.2, -0.15) is 5.26 Å². The summed E-state index contributed by atoms with van der Waals surface area (Å²) in [6, 6.07) is 1.98. The zero-order valence-electron chi connectivity index (χ0n) is 6.81. The van der Waals surface area contributed by atoms with E-state index in [2.05, 4.69) is 16.9 Å². The Morgan fingerprint density at radius 3 is 2.82 bits per heavy atom. The maximum Gasteiger partial charge on any atom is 0.210 e. The van der Waals surface area contributed by atoms with Crippen molar-refractivity contribution in [3.05, 3.63) is 17.2 Å². The maximum absolute atomic E-state index is 8.50. The smallest absolute Gasteiger partial charge is 0.210 e. The van der Waals surface area contributed by atoms with Gasteiger partial charge in [0, 0.05) is 5.69 Å². The first-order chi connectivity index (χ1) is 5.27. The highest BCUT2D eigenvalue weighted by Crippen LogP contribution is 2.06. The van der Waals surface area contributed by atoms with Crippen molar-refractivity contribution in [3.63, 3.8) is 0 Å². The van der Waals surface area contributed by atoms with E-state index in [-0.39, 0.29) is 0 Å². The fourth-order valence-corrected chi connectivity index (χ4v) is 1.03. The first kappa shape index (κ1) is 7.80. The minimum Gasteiger partial charge on any atom is -0.333 e. The van der Waals surface area contributed by atoms with E-state index < -0.39 is 0 Å². The van der Waals surface area contributed by atoms with Gasteiger partial charge in [0.05, 0.1) is 5.69 Å². The molecule has 0 atom stereocenters. The predicted molar refractivity (Wildman–Crippen MR) is 42.0 cm³/mol. The van der Waals surface area contributed by atoms with Crippen LogP contribution in [0.25, 0.3) is 0 Å². The van der Waals surface area contributed by atoms with E-state index in [1.807, 2.05) is 13.0 Å². The number of nitrogens with one attached hydrogen (secondary N) is 1. The van der Waals surface area contributed by atoms with Gasteiger partial charge in [-0.25, -0.2) is 4.98 Å². The number of nitriles is 1. The molecule has 3 heteroatoms. The summed E-state index contributed by atoms with van der Waals surface area (Å²) in [6.45, 7) is 4.04. The molecular weight excluding hydrogens is 138 g/mol. The van der Waals surface area contributed by atoms with Crippen LogP contribution in [0.4, 0.5) is 0 Å². The highest BCUT2D eigenvalue weighted by molar-refractivity contribution is 5.20. The van der Waals surface area contributed by atoms with Gasteiger partial charge in [-0.05, 0) is 13.3 Å². The number of hydrogen-bond donors (Lipinski definition) is 1. The molecular formula is C8H11N3. The van der Waals surface area contributed by atoms with Gasteiger partial charge >= 0.3 is 0 Å². The Hall–Kier alpha value is -1.30. The average Bonchev–Trinajstić information content (AvgIpc) is 2.33. The lowest BCUT2D eigenvalue weighted by molar-refractivity contribution is 0.881. The Balaban J connectivity index is 2.90. The van der Waals surface area contributed by atoms with E-state index in [0.717, 1.165) is 24.2 Å². The largest absolute Gasteiger partial charge is 0.333 e. The molecule has 0 amide bonds. The molecule has 1 rings (SSSR count). The lowest BCUT2D eigenvalue weighted by atomic mass is 10.2. The van der Waals surface area contributed by atoms with Crippen molar-refractivity contribution in [1.29, 1.82) is 5.26 Å². The van der Waals surface area contributed by atoms with Gasteiger partial charge in [-0.1, -0.05) is 13.3 Å². The van der Waals surface area contributed by atoms with Crippen molar-refractivity contribution in [2.75, 3.05) is 0 Å². The molecule has 1 aromatic heterocycles. The van der Waals surface area contributed by atoms with Gasteiger partial charge in [0.15, 0.2) is 0 Å². The summed E-state index contributed by atoms with van der Waals surface area (Å²) in [7, 11) is 0. The lowest BCUT2D eigenvalue weighted by Crippen LogP contribution is -1.85. The number of rotatable bonds is 2. The quantitative estimate of drug-likeness (QED) is 0.693. The van der Waals surface area contributed by atoms with Crippen LogP contribution in [0.1, 0.15) is 30.6 Å². The van der Waals surface area contributed by atoms with E-state index in [1.165, 1.54) is 0 Å². The van der Waals surface area contributed by atoms with Gasteiger partial charge in [-0.3, -0.25) is 0 Å². The molecule has 0 radical (unpaired) electrons. The molecule has 0 unspecified atom stereocenters. The third-order valence-corrected chi connectivity index (χ3v) is 1.58. The topological polar surface area (TPSA) is 52.5 Å². The predicted octanol–water partition coefficient (Wildman–Crippen LogP) is 1.54. The molecule has 1 aromatic rings. The normalized spacial score (nSPS) is 9.55. The van der Waals surface area contributed by atoms with Crippen LogP contribution in [0.3, 0.4) is 0 Å². The lowest BCUT2D eigenvalue weighted by Gasteiger charge is -1.90. The van der Waals surface area contributed by atoms with E-state index in [0.29, 0.717) is 5.82 Å². The molecule has 0 spiro atoms. The van der Waals surface area contributed by atoms with Gasteiger partial charge in [0.2, 0.25) is 5.82 Å². The standard InChI is InChI=1S/C8H11N3/c1-3-4-7-6(2)10-8(5-9)11-7/h3-4H2,1-2H3,(H,10,11). The molecule has 0 bridgehead atoms.